The van der Waals surface area contributed by atoms with E-state index in [0.29, 0.717) is 6.61 Å². The summed E-state index contributed by atoms with van der Waals surface area (Å²) in [6.07, 6.45) is -0.230. The van der Waals surface area contributed by atoms with E-state index >= 15 is 0 Å². The highest BCUT2D eigenvalue weighted by Crippen LogP contribution is 2.21. The molecule has 0 saturated carbocycles. The highest BCUT2D eigenvalue weighted by Gasteiger charge is 2.11. The molecule has 0 spiro atoms. The summed E-state index contributed by atoms with van der Waals surface area (Å²) in [4.78, 5) is 0. The van der Waals surface area contributed by atoms with Crippen LogP contribution in [0, 0.1) is 6.92 Å². The molecule has 13 heavy (non-hydrogen) atoms. The third kappa shape index (κ3) is 2.54. The van der Waals surface area contributed by atoms with Crippen LogP contribution in [0.15, 0.2) is 24.3 Å². The summed E-state index contributed by atoms with van der Waals surface area (Å²) in [5, 5.41) is 0. The topological polar surface area (TPSA) is 18.5 Å². The van der Waals surface area contributed by atoms with Gasteiger partial charge in [-0.25, -0.2) is 0 Å². The lowest BCUT2D eigenvalue weighted by Crippen LogP contribution is -2.07. The molecule has 2 nitrogen and oxygen atoms in total. The Morgan fingerprint density at radius 2 is 2.00 bits per heavy atom. The summed E-state index contributed by atoms with van der Waals surface area (Å²) in [5.74, 6) is 0. The number of benzene rings is 1. The van der Waals surface area contributed by atoms with Gasteiger partial charge in [-0.05, 0) is 19.4 Å². The fraction of sp³-hybridized carbons (Fsp3) is 0.455. The molecule has 0 heterocycles. The highest BCUT2D eigenvalue weighted by atomic mass is 16.7. The number of aryl methyl sites for hydroxylation is 1. The minimum absolute atomic E-state index is 0.230. The number of hydrogen-bond donors (Lipinski definition) is 0. The first-order chi connectivity index (χ1) is 6.29. The van der Waals surface area contributed by atoms with Gasteiger partial charge in [0.15, 0.2) is 6.29 Å². The maximum atomic E-state index is 5.44. The first-order valence-electron chi connectivity index (χ1n) is 4.49. The molecule has 0 amide bonds. The van der Waals surface area contributed by atoms with Crippen LogP contribution in [0.1, 0.15) is 24.3 Å². The Morgan fingerprint density at radius 1 is 1.31 bits per heavy atom. The average molecular weight is 180 g/mol. The Balaban J connectivity index is 2.84. The van der Waals surface area contributed by atoms with Crippen LogP contribution in [0.5, 0.6) is 0 Å². The molecule has 1 atom stereocenters. The second kappa shape index (κ2) is 5.00. The SMILES string of the molecule is CCO[C@H](OC)c1ccccc1C. The fourth-order valence-electron chi connectivity index (χ4n) is 1.29. The molecular weight excluding hydrogens is 164 g/mol. The smallest absolute Gasteiger partial charge is 0.183 e. The van der Waals surface area contributed by atoms with Crippen LogP contribution in [0.2, 0.25) is 0 Å². The van der Waals surface area contributed by atoms with Crippen LogP contribution >= 0.6 is 0 Å². The minimum atomic E-state index is -0.230. The molecule has 0 unspecified atom stereocenters. The van der Waals surface area contributed by atoms with Gasteiger partial charge in [0.1, 0.15) is 0 Å². The summed E-state index contributed by atoms with van der Waals surface area (Å²) < 4.78 is 10.7. The summed E-state index contributed by atoms with van der Waals surface area (Å²) >= 11 is 0. The van der Waals surface area contributed by atoms with Gasteiger partial charge in [0.25, 0.3) is 0 Å². The predicted molar refractivity (Wildman–Crippen MR) is 52.6 cm³/mol. The van der Waals surface area contributed by atoms with E-state index in [1.807, 2.05) is 25.1 Å². The molecule has 0 aliphatic heterocycles. The van der Waals surface area contributed by atoms with Gasteiger partial charge in [0, 0.05) is 19.3 Å². The van der Waals surface area contributed by atoms with Crippen molar-refractivity contribution in [2.24, 2.45) is 0 Å². The summed E-state index contributed by atoms with van der Waals surface area (Å²) in [5.41, 5.74) is 2.30. The highest BCUT2D eigenvalue weighted by molar-refractivity contribution is 5.26. The number of rotatable bonds is 4. The maximum absolute atomic E-state index is 5.44. The zero-order valence-electron chi connectivity index (χ0n) is 8.41. The van der Waals surface area contributed by atoms with Crippen molar-refractivity contribution >= 4 is 0 Å². The van der Waals surface area contributed by atoms with Crippen molar-refractivity contribution in [1.82, 2.24) is 0 Å². The van der Waals surface area contributed by atoms with Crippen LogP contribution in [0.25, 0.3) is 0 Å². The van der Waals surface area contributed by atoms with Crippen molar-refractivity contribution in [1.29, 1.82) is 0 Å². The van der Waals surface area contributed by atoms with Crippen LogP contribution in [-0.2, 0) is 9.47 Å². The van der Waals surface area contributed by atoms with E-state index in [-0.39, 0.29) is 6.29 Å². The normalized spacial score (nSPS) is 12.8. The molecule has 0 aliphatic carbocycles. The Kier molecular flexibility index (Phi) is 3.93. The lowest BCUT2D eigenvalue weighted by atomic mass is 10.1. The molecule has 1 aromatic rings. The molecule has 0 aliphatic rings. The largest absolute Gasteiger partial charge is 0.352 e. The van der Waals surface area contributed by atoms with Gasteiger partial charge in [-0.1, -0.05) is 24.3 Å². The Morgan fingerprint density at radius 3 is 2.54 bits per heavy atom. The Bertz CT molecular complexity index is 258. The van der Waals surface area contributed by atoms with E-state index < -0.39 is 0 Å². The standard InChI is InChI=1S/C11H16O2/c1-4-13-11(12-3)10-8-6-5-7-9(10)2/h5-8,11H,4H2,1-3H3/t11-/m0/s1. The lowest BCUT2D eigenvalue weighted by molar-refractivity contribution is -0.124. The van der Waals surface area contributed by atoms with E-state index in [0.717, 1.165) is 5.56 Å². The maximum Gasteiger partial charge on any atom is 0.183 e. The molecule has 2 heteroatoms. The Hall–Kier alpha value is -0.860. The second-order valence-electron chi connectivity index (χ2n) is 2.88. The van der Waals surface area contributed by atoms with Gasteiger partial charge in [-0.15, -0.1) is 0 Å². The molecule has 1 rings (SSSR count). The predicted octanol–water partition coefficient (Wildman–Crippen LogP) is 2.68. The summed E-state index contributed by atoms with van der Waals surface area (Å²) in [7, 11) is 1.66. The zero-order chi connectivity index (χ0) is 9.68. The van der Waals surface area contributed by atoms with Crippen LogP contribution in [0.4, 0.5) is 0 Å². The third-order valence-electron chi connectivity index (χ3n) is 1.97. The van der Waals surface area contributed by atoms with E-state index in [1.54, 1.807) is 7.11 Å². The molecular formula is C11H16O2. The average Bonchev–Trinajstić information content (AvgIpc) is 2.16. The van der Waals surface area contributed by atoms with Crippen molar-refractivity contribution in [2.45, 2.75) is 20.1 Å². The molecule has 72 valence electrons. The van der Waals surface area contributed by atoms with E-state index in [1.165, 1.54) is 5.56 Å². The Labute approximate surface area is 79.5 Å². The van der Waals surface area contributed by atoms with Crippen molar-refractivity contribution in [3.63, 3.8) is 0 Å². The molecule has 0 aromatic heterocycles. The number of methoxy groups -OCH3 is 1. The van der Waals surface area contributed by atoms with E-state index in [9.17, 15) is 0 Å². The molecule has 0 bridgehead atoms. The first kappa shape index (κ1) is 10.2. The van der Waals surface area contributed by atoms with Gasteiger partial charge in [0.05, 0.1) is 0 Å². The van der Waals surface area contributed by atoms with E-state index in [4.69, 9.17) is 9.47 Å². The van der Waals surface area contributed by atoms with Gasteiger partial charge in [-0.3, -0.25) is 0 Å². The summed E-state index contributed by atoms with van der Waals surface area (Å²) in [6.45, 7) is 4.68. The van der Waals surface area contributed by atoms with Crippen molar-refractivity contribution < 1.29 is 9.47 Å². The second-order valence-corrected chi connectivity index (χ2v) is 2.88. The van der Waals surface area contributed by atoms with Gasteiger partial charge in [0.2, 0.25) is 0 Å². The number of ether oxygens (including phenoxy) is 2. The van der Waals surface area contributed by atoms with Crippen molar-refractivity contribution in [2.75, 3.05) is 13.7 Å². The van der Waals surface area contributed by atoms with Crippen LogP contribution in [0.3, 0.4) is 0 Å². The summed E-state index contributed by atoms with van der Waals surface area (Å²) in [6, 6.07) is 8.09. The molecule has 0 N–H and O–H groups in total. The van der Waals surface area contributed by atoms with Gasteiger partial charge < -0.3 is 9.47 Å². The third-order valence-corrected chi connectivity index (χ3v) is 1.97. The quantitative estimate of drug-likeness (QED) is 0.663. The first-order valence-corrected chi connectivity index (χ1v) is 4.49. The van der Waals surface area contributed by atoms with Crippen LogP contribution in [-0.4, -0.2) is 13.7 Å². The van der Waals surface area contributed by atoms with Gasteiger partial charge in [-0.2, -0.15) is 0 Å². The monoisotopic (exact) mass is 180 g/mol. The van der Waals surface area contributed by atoms with Crippen molar-refractivity contribution in [3.8, 4) is 0 Å². The zero-order valence-corrected chi connectivity index (χ0v) is 8.41. The lowest BCUT2D eigenvalue weighted by Gasteiger charge is -2.17. The minimum Gasteiger partial charge on any atom is -0.352 e. The van der Waals surface area contributed by atoms with Gasteiger partial charge >= 0.3 is 0 Å². The number of hydrogen-bond acceptors (Lipinski definition) is 2. The molecule has 0 saturated heterocycles. The fourth-order valence-corrected chi connectivity index (χ4v) is 1.29. The molecule has 0 radical (unpaired) electrons. The van der Waals surface area contributed by atoms with Crippen molar-refractivity contribution in [3.05, 3.63) is 35.4 Å². The molecule has 1 aromatic carbocycles. The van der Waals surface area contributed by atoms with E-state index in [2.05, 4.69) is 13.0 Å². The van der Waals surface area contributed by atoms with Crippen LogP contribution < -0.4 is 0 Å². The molecule has 0 fully saturated rings.